The second kappa shape index (κ2) is 11.3. The Bertz CT molecular complexity index is 1010. The maximum atomic E-state index is 13.2. The first-order chi connectivity index (χ1) is 15.8. The first-order valence-corrected chi connectivity index (χ1v) is 11.2. The van der Waals surface area contributed by atoms with Crippen LogP contribution < -0.4 is 10.1 Å². The highest BCUT2D eigenvalue weighted by atomic mass is 35.5. The Hall–Kier alpha value is -2.88. The summed E-state index contributed by atoms with van der Waals surface area (Å²) in [6.07, 6.45) is 3.36. The Balaban J connectivity index is 1.71. The molecule has 1 aliphatic rings. The van der Waals surface area contributed by atoms with Crippen LogP contribution in [0.15, 0.2) is 48.4 Å². The zero-order chi connectivity index (χ0) is 24.0. The summed E-state index contributed by atoms with van der Waals surface area (Å²) in [4.78, 5) is 27.4. The predicted molar refractivity (Wildman–Crippen MR) is 124 cm³/mol. The average molecular weight is 477 g/mol. The van der Waals surface area contributed by atoms with Crippen molar-refractivity contribution in [3.63, 3.8) is 0 Å². The zero-order valence-corrected chi connectivity index (χ0v) is 19.4. The van der Waals surface area contributed by atoms with Crippen molar-refractivity contribution >= 4 is 29.2 Å². The highest BCUT2D eigenvalue weighted by molar-refractivity contribution is 6.32. The van der Waals surface area contributed by atoms with E-state index in [-0.39, 0.29) is 37.4 Å². The van der Waals surface area contributed by atoms with Crippen molar-refractivity contribution in [2.24, 2.45) is 5.92 Å². The number of para-hydroxylation sites is 1. The number of nitrogens with one attached hydrogen (secondary N) is 1. The Labute approximate surface area is 197 Å². The molecule has 3 atom stereocenters. The van der Waals surface area contributed by atoms with Gasteiger partial charge in [0.15, 0.2) is 5.82 Å². The number of amides is 2. The molecule has 9 nitrogen and oxygen atoms in total. The molecule has 0 bridgehead atoms. The predicted octanol–water partition coefficient (Wildman–Crippen LogP) is 2.44. The summed E-state index contributed by atoms with van der Waals surface area (Å²) in [7, 11) is 0. The second-order valence-corrected chi connectivity index (χ2v) is 8.53. The number of nitrogens with zero attached hydrogens (tertiary/aromatic N) is 3. The van der Waals surface area contributed by atoms with Crippen molar-refractivity contribution in [2.45, 2.75) is 45.4 Å². The molecule has 0 radical (unpaired) electrons. The average Bonchev–Trinajstić information content (AvgIpc) is 3.38. The van der Waals surface area contributed by atoms with Gasteiger partial charge in [-0.3, -0.25) is 14.3 Å². The number of ether oxygens (including phenoxy) is 1. The van der Waals surface area contributed by atoms with E-state index in [1.165, 1.54) is 15.7 Å². The van der Waals surface area contributed by atoms with Gasteiger partial charge in [-0.1, -0.05) is 44.0 Å². The number of carbonyl (C=O) groups is 2. The van der Waals surface area contributed by atoms with Crippen LogP contribution in [0, 0.1) is 5.92 Å². The summed E-state index contributed by atoms with van der Waals surface area (Å²) in [6, 6.07) is 7.86. The number of aliphatic hydroxyl groups is 2. The van der Waals surface area contributed by atoms with Crippen molar-refractivity contribution in [3.05, 3.63) is 53.4 Å². The lowest BCUT2D eigenvalue weighted by Gasteiger charge is -2.28. The molecular weight excluding hydrogens is 448 g/mol. The van der Waals surface area contributed by atoms with Gasteiger partial charge in [0, 0.05) is 18.3 Å². The van der Waals surface area contributed by atoms with Gasteiger partial charge in [0.1, 0.15) is 17.6 Å². The minimum Gasteiger partial charge on any atom is -0.458 e. The molecule has 2 amide bonds. The number of aliphatic hydroxyl groups excluding tert-OH is 2. The van der Waals surface area contributed by atoms with Crippen LogP contribution in [0.2, 0.25) is 5.02 Å². The Morgan fingerprint density at radius 1 is 1.33 bits per heavy atom. The van der Waals surface area contributed by atoms with Gasteiger partial charge in [-0.2, -0.15) is 5.10 Å². The molecule has 178 valence electrons. The number of benzene rings is 1. The lowest BCUT2D eigenvalue weighted by molar-refractivity contribution is -0.134. The SMILES string of the molecule is CC[C@H](C)C[C@@H](C(=O)Nc1ccn(C[C@@H](O)CO)n1)N1CC(Oc2ccccc2Cl)=CC1=O. The van der Waals surface area contributed by atoms with Gasteiger partial charge in [-0.15, -0.1) is 0 Å². The van der Waals surface area contributed by atoms with E-state index in [0.29, 0.717) is 28.8 Å². The molecule has 0 fully saturated rings. The molecule has 3 rings (SSSR count). The number of hydrogen-bond acceptors (Lipinski definition) is 6. The quantitative estimate of drug-likeness (QED) is 0.458. The smallest absolute Gasteiger partial charge is 0.251 e. The van der Waals surface area contributed by atoms with Crippen molar-refractivity contribution in [1.82, 2.24) is 14.7 Å². The monoisotopic (exact) mass is 476 g/mol. The largest absolute Gasteiger partial charge is 0.458 e. The number of anilines is 1. The Morgan fingerprint density at radius 2 is 2.09 bits per heavy atom. The molecule has 0 saturated heterocycles. The van der Waals surface area contributed by atoms with Crippen LogP contribution in [-0.4, -0.2) is 62.0 Å². The van der Waals surface area contributed by atoms with E-state index < -0.39 is 12.1 Å². The third-order valence-electron chi connectivity index (χ3n) is 5.47. The maximum absolute atomic E-state index is 13.2. The van der Waals surface area contributed by atoms with Crippen LogP contribution in [-0.2, 0) is 16.1 Å². The summed E-state index contributed by atoms with van der Waals surface area (Å²) in [5, 5.41) is 25.9. The standard InChI is InChI=1S/C23H29ClN4O5/c1-3-15(2)10-19(23(32)25-21-8-9-27(26-21)12-16(30)14-29)28-13-17(11-22(28)31)33-20-7-5-4-6-18(20)24/h4-9,11,15-16,19,29-30H,3,10,12-14H2,1-2H3,(H,25,26,32)/t15-,16+,19-/m0/s1. The topological polar surface area (TPSA) is 117 Å². The van der Waals surface area contributed by atoms with Crippen molar-refractivity contribution in [3.8, 4) is 5.75 Å². The first kappa shape index (κ1) is 24.8. The van der Waals surface area contributed by atoms with Gasteiger partial charge in [-0.05, 0) is 24.5 Å². The summed E-state index contributed by atoms with van der Waals surface area (Å²) in [6.45, 7) is 3.92. The van der Waals surface area contributed by atoms with Crippen LogP contribution in [0.3, 0.4) is 0 Å². The third-order valence-corrected chi connectivity index (χ3v) is 5.79. The zero-order valence-electron chi connectivity index (χ0n) is 18.6. The van der Waals surface area contributed by atoms with Crippen LogP contribution in [0.25, 0.3) is 0 Å². The molecule has 1 aliphatic heterocycles. The van der Waals surface area contributed by atoms with E-state index in [2.05, 4.69) is 10.4 Å². The van der Waals surface area contributed by atoms with Crippen molar-refractivity contribution in [1.29, 1.82) is 0 Å². The van der Waals surface area contributed by atoms with E-state index in [1.54, 1.807) is 36.5 Å². The molecule has 2 heterocycles. The number of halogens is 1. The molecule has 0 aliphatic carbocycles. The number of aromatic nitrogens is 2. The second-order valence-electron chi connectivity index (χ2n) is 8.12. The van der Waals surface area contributed by atoms with E-state index >= 15 is 0 Å². The van der Waals surface area contributed by atoms with Gasteiger partial charge in [0.05, 0.1) is 30.8 Å². The van der Waals surface area contributed by atoms with Gasteiger partial charge < -0.3 is 25.2 Å². The molecule has 2 aromatic rings. The van der Waals surface area contributed by atoms with Gasteiger partial charge in [0.25, 0.3) is 5.91 Å². The van der Waals surface area contributed by atoms with Gasteiger partial charge in [-0.25, -0.2) is 0 Å². The molecule has 0 spiro atoms. The fraction of sp³-hybridized carbons (Fsp3) is 0.435. The first-order valence-electron chi connectivity index (χ1n) is 10.9. The van der Waals surface area contributed by atoms with E-state index in [4.69, 9.17) is 21.4 Å². The van der Waals surface area contributed by atoms with Gasteiger partial charge in [0.2, 0.25) is 5.91 Å². The summed E-state index contributed by atoms with van der Waals surface area (Å²) >= 11 is 6.16. The molecule has 33 heavy (non-hydrogen) atoms. The van der Waals surface area contributed by atoms with Gasteiger partial charge >= 0.3 is 0 Å². The van der Waals surface area contributed by atoms with E-state index in [0.717, 1.165) is 6.42 Å². The summed E-state index contributed by atoms with van der Waals surface area (Å²) in [5.41, 5.74) is 0. The normalized spacial score (nSPS) is 16.3. The Morgan fingerprint density at radius 3 is 2.79 bits per heavy atom. The highest BCUT2D eigenvalue weighted by Gasteiger charge is 2.35. The minimum absolute atomic E-state index is 0.0972. The molecular formula is C23H29ClN4O5. The molecule has 10 heteroatoms. The minimum atomic E-state index is -0.948. The maximum Gasteiger partial charge on any atom is 0.251 e. The lowest BCUT2D eigenvalue weighted by atomic mass is 9.97. The third kappa shape index (κ3) is 6.56. The summed E-state index contributed by atoms with van der Waals surface area (Å²) in [5.74, 6) is 0.697. The Kier molecular flexibility index (Phi) is 8.49. The number of rotatable bonds is 11. The lowest BCUT2D eigenvalue weighted by Crippen LogP contribution is -2.46. The number of hydrogen-bond donors (Lipinski definition) is 3. The van der Waals surface area contributed by atoms with Crippen LogP contribution in [0.1, 0.15) is 26.7 Å². The van der Waals surface area contributed by atoms with Crippen LogP contribution >= 0.6 is 11.6 Å². The van der Waals surface area contributed by atoms with E-state index in [9.17, 15) is 14.7 Å². The van der Waals surface area contributed by atoms with Crippen LogP contribution in [0.4, 0.5) is 5.82 Å². The van der Waals surface area contributed by atoms with E-state index in [1.807, 2.05) is 13.8 Å². The van der Waals surface area contributed by atoms with Crippen molar-refractivity contribution in [2.75, 3.05) is 18.5 Å². The highest BCUT2D eigenvalue weighted by Crippen LogP contribution is 2.28. The fourth-order valence-corrected chi connectivity index (χ4v) is 3.62. The molecule has 1 aromatic heterocycles. The van der Waals surface area contributed by atoms with Crippen LogP contribution in [0.5, 0.6) is 5.75 Å². The molecule has 3 N–H and O–H groups in total. The number of carbonyl (C=O) groups excluding carboxylic acids is 2. The van der Waals surface area contributed by atoms with Crippen molar-refractivity contribution < 1.29 is 24.5 Å². The molecule has 0 saturated carbocycles. The fourth-order valence-electron chi connectivity index (χ4n) is 3.44. The molecule has 1 aromatic carbocycles. The molecule has 0 unspecified atom stereocenters. The summed E-state index contributed by atoms with van der Waals surface area (Å²) < 4.78 is 7.24.